The molecule has 2 nitrogen and oxygen atoms in total. The van der Waals surface area contributed by atoms with Gasteiger partial charge in [0.05, 0.1) is 5.69 Å². The minimum absolute atomic E-state index is 0.304. The Morgan fingerprint density at radius 1 is 1.29 bits per heavy atom. The third-order valence-corrected chi connectivity index (χ3v) is 2.18. The first kappa shape index (κ1) is 11.1. The Balaban J connectivity index is 3.31. The van der Waals surface area contributed by atoms with Gasteiger partial charge in [0.25, 0.3) is 0 Å². The van der Waals surface area contributed by atoms with Crippen molar-refractivity contribution in [2.24, 2.45) is 0 Å². The van der Waals surface area contributed by atoms with Gasteiger partial charge in [-0.1, -0.05) is 6.92 Å². The summed E-state index contributed by atoms with van der Waals surface area (Å²) in [5.41, 5.74) is 1.14. The molecule has 0 bridgehead atoms. The second-order valence-electron chi connectivity index (χ2n) is 3.06. The summed E-state index contributed by atoms with van der Waals surface area (Å²) >= 11 is 0. The molecule has 0 aliphatic rings. The molecule has 0 amide bonds. The number of aromatic nitrogens is 2. The number of rotatable bonds is 2. The number of alkyl halides is 3. The van der Waals surface area contributed by atoms with E-state index in [0.29, 0.717) is 24.4 Å². The highest BCUT2D eigenvalue weighted by atomic mass is 19.4. The summed E-state index contributed by atoms with van der Waals surface area (Å²) < 4.78 is 38.7. The smallest absolute Gasteiger partial charge is 0.325 e. The topological polar surface area (TPSA) is 17.8 Å². The molecular formula is C9H13F3N2. The summed E-state index contributed by atoms with van der Waals surface area (Å²) in [6, 6.07) is 0. The van der Waals surface area contributed by atoms with Crippen LogP contribution in [0.25, 0.3) is 0 Å². The molecule has 1 aromatic heterocycles. The molecule has 1 heterocycles. The molecule has 0 saturated carbocycles. The molecule has 0 spiro atoms. The fourth-order valence-electron chi connectivity index (χ4n) is 1.61. The van der Waals surface area contributed by atoms with E-state index >= 15 is 0 Å². The van der Waals surface area contributed by atoms with Crippen LogP contribution in [0.1, 0.15) is 31.1 Å². The minimum Gasteiger partial charge on any atom is -0.325 e. The fourth-order valence-corrected chi connectivity index (χ4v) is 1.61. The van der Waals surface area contributed by atoms with Crippen LogP contribution in [0.3, 0.4) is 0 Å². The van der Waals surface area contributed by atoms with Crippen LogP contribution in [-0.2, 0) is 19.1 Å². The van der Waals surface area contributed by atoms with Crippen LogP contribution < -0.4 is 0 Å². The van der Waals surface area contributed by atoms with Crippen molar-refractivity contribution in [1.29, 1.82) is 0 Å². The predicted octanol–water partition coefficient (Wildman–Crippen LogP) is 2.79. The second-order valence-corrected chi connectivity index (χ2v) is 3.06. The summed E-state index contributed by atoms with van der Waals surface area (Å²) in [4.78, 5) is 3.56. The van der Waals surface area contributed by atoms with Gasteiger partial charge in [-0.3, -0.25) is 0 Å². The van der Waals surface area contributed by atoms with E-state index in [0.717, 1.165) is 0 Å². The maximum absolute atomic E-state index is 12.5. The van der Waals surface area contributed by atoms with Gasteiger partial charge in [-0.05, 0) is 20.3 Å². The molecule has 0 fully saturated rings. The molecule has 14 heavy (non-hydrogen) atoms. The van der Waals surface area contributed by atoms with Crippen LogP contribution in [0.15, 0.2) is 0 Å². The van der Waals surface area contributed by atoms with Gasteiger partial charge in [0, 0.05) is 12.2 Å². The van der Waals surface area contributed by atoms with E-state index in [1.807, 2.05) is 6.92 Å². The van der Waals surface area contributed by atoms with Gasteiger partial charge in [-0.25, -0.2) is 4.98 Å². The predicted molar refractivity (Wildman–Crippen MR) is 47.0 cm³/mol. The third-order valence-electron chi connectivity index (χ3n) is 2.18. The van der Waals surface area contributed by atoms with Crippen molar-refractivity contribution in [2.75, 3.05) is 0 Å². The Hall–Kier alpha value is -1.00. The molecule has 0 radical (unpaired) electrons. The largest absolute Gasteiger partial charge is 0.449 e. The van der Waals surface area contributed by atoms with Crippen LogP contribution >= 0.6 is 0 Å². The summed E-state index contributed by atoms with van der Waals surface area (Å²) in [7, 11) is 0. The van der Waals surface area contributed by atoms with E-state index in [4.69, 9.17) is 0 Å². The lowest BCUT2D eigenvalue weighted by Gasteiger charge is -2.10. The lowest BCUT2D eigenvalue weighted by atomic mass is 10.3. The van der Waals surface area contributed by atoms with E-state index in [9.17, 15) is 13.2 Å². The summed E-state index contributed by atoms with van der Waals surface area (Å²) in [6.45, 7) is 5.44. The molecule has 1 aromatic rings. The van der Waals surface area contributed by atoms with E-state index in [-0.39, 0.29) is 0 Å². The molecule has 0 saturated heterocycles. The quantitative estimate of drug-likeness (QED) is 0.727. The number of aryl methyl sites for hydroxylation is 1. The first-order valence-corrected chi connectivity index (χ1v) is 4.55. The van der Waals surface area contributed by atoms with Crippen molar-refractivity contribution >= 4 is 0 Å². The van der Waals surface area contributed by atoms with Gasteiger partial charge < -0.3 is 4.57 Å². The van der Waals surface area contributed by atoms with Crippen LogP contribution in [0, 0.1) is 6.92 Å². The first-order valence-electron chi connectivity index (χ1n) is 4.55. The zero-order valence-electron chi connectivity index (χ0n) is 8.44. The molecule has 0 aliphatic heterocycles. The second kappa shape index (κ2) is 3.63. The van der Waals surface area contributed by atoms with Crippen molar-refractivity contribution in [2.45, 2.75) is 39.9 Å². The van der Waals surface area contributed by atoms with E-state index < -0.39 is 12.0 Å². The zero-order valence-corrected chi connectivity index (χ0v) is 8.44. The SMILES string of the molecule is CCc1c(C)nc(C(F)(F)F)n1CC. The van der Waals surface area contributed by atoms with Crippen molar-refractivity contribution in [3.05, 3.63) is 17.2 Å². The lowest BCUT2D eigenvalue weighted by Crippen LogP contribution is -2.15. The maximum Gasteiger partial charge on any atom is 0.449 e. The molecule has 0 aromatic carbocycles. The van der Waals surface area contributed by atoms with Crippen LogP contribution in [0.5, 0.6) is 0 Å². The van der Waals surface area contributed by atoms with Gasteiger partial charge >= 0.3 is 6.18 Å². The molecule has 80 valence electrons. The van der Waals surface area contributed by atoms with E-state index in [1.165, 1.54) is 4.57 Å². The average Bonchev–Trinajstić information content (AvgIpc) is 2.40. The highest BCUT2D eigenvalue weighted by Gasteiger charge is 2.37. The van der Waals surface area contributed by atoms with Crippen molar-refractivity contribution < 1.29 is 13.2 Å². The summed E-state index contributed by atoms with van der Waals surface area (Å²) in [5.74, 6) is -0.783. The van der Waals surface area contributed by atoms with Gasteiger partial charge in [0.2, 0.25) is 5.82 Å². The molecule has 0 N–H and O–H groups in total. The zero-order chi connectivity index (χ0) is 10.9. The van der Waals surface area contributed by atoms with Crippen LogP contribution in [0.2, 0.25) is 0 Å². The summed E-state index contributed by atoms with van der Waals surface area (Å²) in [6.07, 6.45) is -3.78. The minimum atomic E-state index is -4.35. The summed E-state index contributed by atoms with van der Waals surface area (Å²) in [5, 5.41) is 0. The van der Waals surface area contributed by atoms with Gasteiger partial charge in [-0.15, -0.1) is 0 Å². The third kappa shape index (κ3) is 1.76. The monoisotopic (exact) mass is 206 g/mol. The normalized spacial score (nSPS) is 12.1. The Kier molecular flexibility index (Phi) is 2.87. The Labute approximate surface area is 80.8 Å². The van der Waals surface area contributed by atoms with Gasteiger partial charge in [0.15, 0.2) is 0 Å². The first-order chi connectivity index (χ1) is 6.41. The van der Waals surface area contributed by atoms with Crippen LogP contribution in [0.4, 0.5) is 13.2 Å². The van der Waals surface area contributed by atoms with E-state index in [1.54, 1.807) is 13.8 Å². The van der Waals surface area contributed by atoms with Gasteiger partial charge in [0.1, 0.15) is 0 Å². The lowest BCUT2D eigenvalue weighted by molar-refractivity contribution is -0.147. The number of imidazole rings is 1. The highest BCUT2D eigenvalue weighted by molar-refractivity contribution is 5.17. The van der Waals surface area contributed by atoms with Crippen molar-refractivity contribution in [3.8, 4) is 0 Å². The Morgan fingerprint density at radius 3 is 2.21 bits per heavy atom. The van der Waals surface area contributed by atoms with Crippen LogP contribution in [-0.4, -0.2) is 9.55 Å². The standard InChI is InChI=1S/C9H13F3N2/c1-4-7-6(3)13-8(9(10,11)12)14(7)5-2/h4-5H2,1-3H3. The molecule has 0 atom stereocenters. The Bertz CT molecular complexity index is 326. The molecule has 0 aliphatic carbocycles. The maximum atomic E-state index is 12.5. The number of halogens is 3. The van der Waals surface area contributed by atoms with Crippen molar-refractivity contribution in [3.63, 3.8) is 0 Å². The number of hydrogen-bond donors (Lipinski definition) is 0. The average molecular weight is 206 g/mol. The molecule has 5 heteroatoms. The molecular weight excluding hydrogens is 193 g/mol. The van der Waals surface area contributed by atoms with E-state index in [2.05, 4.69) is 4.98 Å². The molecule has 0 unspecified atom stereocenters. The highest BCUT2D eigenvalue weighted by Crippen LogP contribution is 2.30. The Morgan fingerprint density at radius 2 is 1.86 bits per heavy atom. The number of hydrogen-bond acceptors (Lipinski definition) is 1. The van der Waals surface area contributed by atoms with Crippen molar-refractivity contribution in [1.82, 2.24) is 9.55 Å². The fraction of sp³-hybridized carbons (Fsp3) is 0.667. The number of nitrogens with zero attached hydrogens (tertiary/aromatic N) is 2. The van der Waals surface area contributed by atoms with Gasteiger partial charge in [-0.2, -0.15) is 13.2 Å². The molecule has 1 rings (SSSR count).